The lowest BCUT2D eigenvalue weighted by atomic mass is 10.3. The van der Waals surface area contributed by atoms with Crippen molar-refractivity contribution in [3.8, 4) is 0 Å². The molecule has 0 spiro atoms. The first-order chi connectivity index (χ1) is 13.3. The third kappa shape index (κ3) is 4.68. The quantitative estimate of drug-likeness (QED) is 0.617. The molecule has 1 fully saturated rings. The molecule has 0 radical (unpaired) electrons. The van der Waals surface area contributed by atoms with E-state index in [-0.39, 0.29) is 0 Å². The normalized spacial score (nSPS) is 15.0. The zero-order chi connectivity index (χ0) is 18.5. The second-order valence-corrected chi connectivity index (χ2v) is 7.08. The number of hydrogen-bond acceptors (Lipinski definition) is 8. The lowest BCUT2D eigenvalue weighted by molar-refractivity contribution is 0.0398. The van der Waals surface area contributed by atoms with Gasteiger partial charge in [-0.1, -0.05) is 22.0 Å². The molecule has 3 heterocycles. The van der Waals surface area contributed by atoms with Gasteiger partial charge in [0.25, 0.3) is 0 Å². The molecule has 0 aliphatic carbocycles. The maximum atomic E-state index is 5.37. The van der Waals surface area contributed by atoms with Crippen LogP contribution in [0.4, 0.5) is 17.5 Å². The van der Waals surface area contributed by atoms with Gasteiger partial charge in [-0.2, -0.15) is 0 Å². The van der Waals surface area contributed by atoms with E-state index in [0.717, 1.165) is 49.6 Å². The highest BCUT2D eigenvalue weighted by Gasteiger charge is 2.11. The van der Waals surface area contributed by atoms with Crippen molar-refractivity contribution in [1.29, 1.82) is 0 Å². The van der Waals surface area contributed by atoms with E-state index in [2.05, 4.69) is 51.4 Å². The molecular weight excluding hydrogens is 410 g/mol. The van der Waals surface area contributed by atoms with Crippen LogP contribution in [0.2, 0.25) is 0 Å². The lowest BCUT2D eigenvalue weighted by Crippen LogP contribution is -2.39. The van der Waals surface area contributed by atoms with Gasteiger partial charge in [0.05, 0.1) is 19.4 Å². The van der Waals surface area contributed by atoms with Crippen LogP contribution in [-0.4, -0.2) is 64.2 Å². The molecule has 8 nitrogen and oxygen atoms in total. The van der Waals surface area contributed by atoms with E-state index in [0.29, 0.717) is 22.8 Å². The van der Waals surface area contributed by atoms with Crippen LogP contribution in [-0.2, 0) is 4.74 Å². The summed E-state index contributed by atoms with van der Waals surface area (Å²) in [5, 5.41) is 6.59. The number of ether oxygens (including phenoxy) is 1. The molecule has 0 amide bonds. The van der Waals surface area contributed by atoms with E-state index >= 15 is 0 Å². The zero-order valence-electron chi connectivity index (χ0n) is 14.7. The zero-order valence-corrected chi connectivity index (χ0v) is 16.3. The fraction of sp³-hybridized carbons (Fsp3) is 0.333. The molecule has 2 N–H and O–H groups in total. The number of nitrogens with one attached hydrogen (secondary N) is 2. The molecule has 0 unspecified atom stereocenters. The first-order valence-corrected chi connectivity index (χ1v) is 9.61. The standard InChI is InChI=1S/C18H20BrN7O/c19-13-2-1-3-14(10-13)24-17-16-15(22-12-23-17)11-21-18(25-16)20-4-5-26-6-8-27-9-7-26/h1-3,10-12H,4-9H2,(H,20,21,25)(H,22,23,24). The molecule has 9 heteroatoms. The summed E-state index contributed by atoms with van der Waals surface area (Å²) in [6.07, 6.45) is 3.23. The van der Waals surface area contributed by atoms with Crippen molar-refractivity contribution in [2.24, 2.45) is 0 Å². The van der Waals surface area contributed by atoms with Crippen LogP contribution in [0.15, 0.2) is 41.3 Å². The smallest absolute Gasteiger partial charge is 0.223 e. The molecular formula is C18H20BrN7O. The third-order valence-electron chi connectivity index (χ3n) is 4.28. The largest absolute Gasteiger partial charge is 0.379 e. The van der Waals surface area contributed by atoms with Gasteiger partial charge < -0.3 is 15.4 Å². The number of fused-ring (bicyclic) bond motifs is 1. The van der Waals surface area contributed by atoms with Gasteiger partial charge in [-0.15, -0.1) is 0 Å². The number of morpholine rings is 1. The van der Waals surface area contributed by atoms with Gasteiger partial charge in [-0.25, -0.2) is 19.9 Å². The summed E-state index contributed by atoms with van der Waals surface area (Å²) in [4.78, 5) is 19.9. The summed E-state index contributed by atoms with van der Waals surface area (Å²) in [7, 11) is 0. The van der Waals surface area contributed by atoms with Crippen molar-refractivity contribution in [2.45, 2.75) is 0 Å². The molecule has 2 aromatic heterocycles. The maximum Gasteiger partial charge on any atom is 0.223 e. The minimum absolute atomic E-state index is 0.572. The third-order valence-corrected chi connectivity index (χ3v) is 4.77. The molecule has 1 aromatic carbocycles. The molecule has 27 heavy (non-hydrogen) atoms. The summed E-state index contributed by atoms with van der Waals surface area (Å²) in [5.41, 5.74) is 2.30. The summed E-state index contributed by atoms with van der Waals surface area (Å²) in [5.74, 6) is 1.22. The van der Waals surface area contributed by atoms with Crippen molar-refractivity contribution < 1.29 is 4.74 Å². The van der Waals surface area contributed by atoms with Crippen molar-refractivity contribution in [3.63, 3.8) is 0 Å². The molecule has 140 valence electrons. The molecule has 0 bridgehead atoms. The maximum absolute atomic E-state index is 5.37. The number of nitrogens with zero attached hydrogens (tertiary/aromatic N) is 5. The Labute approximate surface area is 165 Å². The average molecular weight is 430 g/mol. The van der Waals surface area contributed by atoms with E-state index < -0.39 is 0 Å². The van der Waals surface area contributed by atoms with Crippen molar-refractivity contribution in [1.82, 2.24) is 24.8 Å². The number of anilines is 3. The van der Waals surface area contributed by atoms with Crippen LogP contribution in [0.3, 0.4) is 0 Å². The predicted molar refractivity (Wildman–Crippen MR) is 108 cm³/mol. The Kier molecular flexibility index (Phi) is 5.71. The van der Waals surface area contributed by atoms with E-state index in [4.69, 9.17) is 4.74 Å². The first kappa shape index (κ1) is 18.0. The number of rotatable bonds is 6. The van der Waals surface area contributed by atoms with Crippen LogP contribution in [0.1, 0.15) is 0 Å². The van der Waals surface area contributed by atoms with Gasteiger partial charge >= 0.3 is 0 Å². The van der Waals surface area contributed by atoms with Gasteiger partial charge in [0, 0.05) is 36.3 Å². The summed E-state index contributed by atoms with van der Waals surface area (Å²) >= 11 is 3.48. The Morgan fingerprint density at radius 2 is 2.04 bits per heavy atom. The Morgan fingerprint density at radius 1 is 1.15 bits per heavy atom. The Morgan fingerprint density at radius 3 is 2.89 bits per heavy atom. The number of hydrogen-bond donors (Lipinski definition) is 2. The number of aromatic nitrogens is 4. The second-order valence-electron chi connectivity index (χ2n) is 6.17. The summed E-state index contributed by atoms with van der Waals surface area (Å²) in [6.45, 7) is 5.24. The van der Waals surface area contributed by atoms with Crippen LogP contribution in [0.25, 0.3) is 11.0 Å². The van der Waals surface area contributed by atoms with Gasteiger partial charge in [0.1, 0.15) is 17.4 Å². The number of benzene rings is 1. The molecule has 4 rings (SSSR count). The Balaban J connectivity index is 1.48. The van der Waals surface area contributed by atoms with Gasteiger partial charge in [-0.05, 0) is 18.2 Å². The predicted octanol–water partition coefficient (Wildman–Crippen LogP) is 2.67. The van der Waals surface area contributed by atoms with Gasteiger partial charge in [0.2, 0.25) is 5.95 Å². The van der Waals surface area contributed by atoms with E-state index in [1.165, 1.54) is 6.33 Å². The van der Waals surface area contributed by atoms with Crippen LogP contribution in [0.5, 0.6) is 0 Å². The van der Waals surface area contributed by atoms with E-state index in [9.17, 15) is 0 Å². The van der Waals surface area contributed by atoms with Crippen LogP contribution in [0, 0.1) is 0 Å². The highest BCUT2D eigenvalue weighted by molar-refractivity contribution is 9.10. The lowest BCUT2D eigenvalue weighted by Gasteiger charge is -2.26. The highest BCUT2D eigenvalue weighted by atomic mass is 79.9. The minimum atomic E-state index is 0.572. The molecule has 1 saturated heterocycles. The van der Waals surface area contributed by atoms with Gasteiger partial charge in [0.15, 0.2) is 5.82 Å². The molecule has 1 aliphatic rings. The molecule has 1 aliphatic heterocycles. The SMILES string of the molecule is Brc1cccc(Nc2ncnc3cnc(NCCN4CCOCC4)nc23)c1. The van der Waals surface area contributed by atoms with Crippen molar-refractivity contribution >= 4 is 44.4 Å². The van der Waals surface area contributed by atoms with E-state index in [1.54, 1.807) is 6.20 Å². The Hall–Kier alpha value is -2.36. The van der Waals surface area contributed by atoms with Crippen LogP contribution < -0.4 is 10.6 Å². The number of halogens is 1. The fourth-order valence-corrected chi connectivity index (χ4v) is 3.28. The topological polar surface area (TPSA) is 88.1 Å². The Bertz CT molecular complexity index is 917. The molecule has 3 aromatic rings. The molecule has 0 atom stereocenters. The van der Waals surface area contributed by atoms with Crippen LogP contribution >= 0.6 is 15.9 Å². The van der Waals surface area contributed by atoms with Gasteiger partial charge in [-0.3, -0.25) is 4.90 Å². The fourth-order valence-electron chi connectivity index (χ4n) is 2.88. The first-order valence-electron chi connectivity index (χ1n) is 8.82. The van der Waals surface area contributed by atoms with Crippen molar-refractivity contribution in [2.75, 3.05) is 50.0 Å². The van der Waals surface area contributed by atoms with Crippen molar-refractivity contribution in [3.05, 3.63) is 41.3 Å². The minimum Gasteiger partial charge on any atom is -0.379 e. The highest BCUT2D eigenvalue weighted by Crippen LogP contribution is 2.23. The van der Waals surface area contributed by atoms with E-state index in [1.807, 2.05) is 24.3 Å². The molecule has 0 saturated carbocycles. The summed E-state index contributed by atoms with van der Waals surface area (Å²) in [6, 6.07) is 7.89. The summed E-state index contributed by atoms with van der Waals surface area (Å²) < 4.78 is 6.36. The average Bonchev–Trinajstić information content (AvgIpc) is 2.69. The monoisotopic (exact) mass is 429 g/mol. The second kappa shape index (κ2) is 8.55.